The van der Waals surface area contributed by atoms with E-state index in [-0.39, 0.29) is 17.5 Å². The highest BCUT2D eigenvalue weighted by molar-refractivity contribution is 7.99. The van der Waals surface area contributed by atoms with Gasteiger partial charge in [0, 0.05) is 17.2 Å². The fourth-order valence-corrected chi connectivity index (χ4v) is 2.84. The Kier molecular flexibility index (Phi) is 2.87. The van der Waals surface area contributed by atoms with E-state index in [0.29, 0.717) is 5.56 Å². The lowest BCUT2D eigenvalue weighted by atomic mass is 9.97. The number of carbonyl (C=O) groups excluding carboxylic acids is 1. The van der Waals surface area contributed by atoms with E-state index in [9.17, 15) is 9.18 Å². The highest BCUT2D eigenvalue weighted by atomic mass is 32.2. The molecule has 2 rings (SSSR count). The van der Waals surface area contributed by atoms with Gasteiger partial charge in [0.2, 0.25) is 0 Å². The Labute approximate surface area is 86.7 Å². The van der Waals surface area contributed by atoms with E-state index >= 15 is 0 Å². The fraction of sp³-hybridized carbons (Fsp3) is 0.364. The van der Waals surface area contributed by atoms with E-state index in [1.165, 1.54) is 12.1 Å². The van der Waals surface area contributed by atoms with E-state index in [1.54, 1.807) is 23.9 Å². The molecule has 1 aliphatic rings. The van der Waals surface area contributed by atoms with Gasteiger partial charge in [-0.15, -0.1) is 0 Å². The van der Waals surface area contributed by atoms with Crippen molar-refractivity contribution in [3.05, 3.63) is 35.6 Å². The van der Waals surface area contributed by atoms with Crippen LogP contribution in [0, 0.1) is 11.7 Å². The Morgan fingerprint density at radius 3 is 3.00 bits per heavy atom. The Hall–Kier alpha value is -0.830. The molecule has 1 aromatic carbocycles. The lowest BCUT2D eigenvalue weighted by molar-refractivity contribution is 0.0933. The average molecular weight is 210 g/mol. The molecule has 0 aromatic heterocycles. The second-order valence-electron chi connectivity index (χ2n) is 3.44. The number of carbonyl (C=O) groups is 1. The van der Waals surface area contributed by atoms with Crippen LogP contribution in [0.3, 0.4) is 0 Å². The van der Waals surface area contributed by atoms with Crippen LogP contribution in [0.1, 0.15) is 16.8 Å². The fourth-order valence-electron chi connectivity index (χ4n) is 1.62. The number of hydrogen-bond acceptors (Lipinski definition) is 2. The van der Waals surface area contributed by atoms with Crippen LogP contribution < -0.4 is 0 Å². The maximum absolute atomic E-state index is 12.9. The Bertz CT molecular complexity index is 345. The quantitative estimate of drug-likeness (QED) is 0.698. The summed E-state index contributed by atoms with van der Waals surface area (Å²) in [6.45, 7) is 0. The molecule has 0 N–H and O–H groups in total. The van der Waals surface area contributed by atoms with Gasteiger partial charge >= 0.3 is 0 Å². The largest absolute Gasteiger partial charge is 0.294 e. The maximum Gasteiger partial charge on any atom is 0.166 e. The van der Waals surface area contributed by atoms with E-state index < -0.39 is 0 Å². The van der Waals surface area contributed by atoms with Gasteiger partial charge in [0.1, 0.15) is 5.82 Å². The van der Waals surface area contributed by atoms with Crippen LogP contribution in [0.2, 0.25) is 0 Å². The zero-order chi connectivity index (χ0) is 9.97. The molecule has 1 fully saturated rings. The minimum Gasteiger partial charge on any atom is -0.294 e. The molecule has 74 valence electrons. The topological polar surface area (TPSA) is 17.1 Å². The SMILES string of the molecule is O=C(c1cccc(F)c1)C1CCSC1. The molecule has 1 saturated heterocycles. The number of benzene rings is 1. The number of thioether (sulfide) groups is 1. The van der Waals surface area contributed by atoms with Crippen molar-refractivity contribution < 1.29 is 9.18 Å². The van der Waals surface area contributed by atoms with Crippen LogP contribution in [0.15, 0.2) is 24.3 Å². The first-order valence-corrected chi connectivity index (χ1v) is 5.80. The Morgan fingerprint density at radius 1 is 1.50 bits per heavy atom. The summed E-state index contributed by atoms with van der Waals surface area (Å²) in [5.74, 6) is 1.79. The molecular formula is C11H11FOS. The zero-order valence-corrected chi connectivity index (χ0v) is 8.52. The van der Waals surface area contributed by atoms with Crippen molar-refractivity contribution in [2.75, 3.05) is 11.5 Å². The zero-order valence-electron chi connectivity index (χ0n) is 7.70. The highest BCUT2D eigenvalue weighted by Gasteiger charge is 2.24. The molecule has 1 atom stereocenters. The van der Waals surface area contributed by atoms with Crippen LogP contribution >= 0.6 is 11.8 Å². The van der Waals surface area contributed by atoms with E-state index in [1.807, 2.05) is 0 Å². The lowest BCUT2D eigenvalue weighted by Crippen LogP contribution is -2.13. The predicted octanol–water partition coefficient (Wildman–Crippen LogP) is 2.76. The van der Waals surface area contributed by atoms with Gasteiger partial charge in [-0.05, 0) is 24.3 Å². The second kappa shape index (κ2) is 4.13. The van der Waals surface area contributed by atoms with Crippen LogP contribution in [-0.4, -0.2) is 17.3 Å². The molecule has 0 spiro atoms. The number of rotatable bonds is 2. The normalized spacial score (nSPS) is 21.1. The van der Waals surface area contributed by atoms with Crippen molar-refractivity contribution in [3.63, 3.8) is 0 Å². The predicted molar refractivity (Wildman–Crippen MR) is 56.2 cm³/mol. The molecule has 3 heteroatoms. The molecule has 0 aliphatic carbocycles. The van der Waals surface area contributed by atoms with Gasteiger partial charge in [0.05, 0.1) is 0 Å². The number of Topliss-reactive ketones (excluding diaryl/α,β-unsaturated/α-hetero) is 1. The van der Waals surface area contributed by atoms with Crippen molar-refractivity contribution in [2.24, 2.45) is 5.92 Å². The number of halogens is 1. The van der Waals surface area contributed by atoms with Crippen molar-refractivity contribution >= 4 is 17.5 Å². The summed E-state index contributed by atoms with van der Waals surface area (Å²) in [6.07, 6.45) is 0.931. The summed E-state index contributed by atoms with van der Waals surface area (Å²) in [4.78, 5) is 11.8. The van der Waals surface area contributed by atoms with Gasteiger partial charge in [-0.25, -0.2) is 4.39 Å². The molecule has 1 aromatic rings. The Morgan fingerprint density at radius 2 is 2.36 bits per heavy atom. The van der Waals surface area contributed by atoms with Crippen LogP contribution in [0.5, 0.6) is 0 Å². The van der Waals surface area contributed by atoms with E-state index in [0.717, 1.165) is 17.9 Å². The molecule has 14 heavy (non-hydrogen) atoms. The summed E-state index contributed by atoms with van der Waals surface area (Å²) >= 11 is 1.79. The lowest BCUT2D eigenvalue weighted by Gasteiger charge is -2.06. The molecule has 1 nitrogen and oxygen atoms in total. The summed E-state index contributed by atoms with van der Waals surface area (Å²) in [7, 11) is 0. The third kappa shape index (κ3) is 1.98. The van der Waals surface area contributed by atoms with Crippen molar-refractivity contribution in [1.82, 2.24) is 0 Å². The Balaban J connectivity index is 2.17. The summed E-state index contributed by atoms with van der Waals surface area (Å²) in [5.41, 5.74) is 0.512. The first-order chi connectivity index (χ1) is 6.77. The molecule has 0 amide bonds. The van der Waals surface area contributed by atoms with Crippen LogP contribution in [0.4, 0.5) is 4.39 Å². The van der Waals surface area contributed by atoms with E-state index in [2.05, 4.69) is 0 Å². The van der Waals surface area contributed by atoms with Gasteiger partial charge in [0.15, 0.2) is 5.78 Å². The maximum atomic E-state index is 12.9. The second-order valence-corrected chi connectivity index (χ2v) is 4.58. The standard InChI is InChI=1S/C11H11FOS/c12-10-3-1-2-8(6-10)11(13)9-4-5-14-7-9/h1-3,6,9H,4-5,7H2. The monoisotopic (exact) mass is 210 g/mol. The first-order valence-electron chi connectivity index (χ1n) is 4.65. The average Bonchev–Trinajstić information content (AvgIpc) is 2.69. The van der Waals surface area contributed by atoms with Crippen molar-refractivity contribution in [1.29, 1.82) is 0 Å². The van der Waals surface area contributed by atoms with Crippen LogP contribution in [0.25, 0.3) is 0 Å². The van der Waals surface area contributed by atoms with Gasteiger partial charge in [0.25, 0.3) is 0 Å². The van der Waals surface area contributed by atoms with Gasteiger partial charge in [-0.2, -0.15) is 11.8 Å². The third-order valence-corrected chi connectivity index (χ3v) is 3.57. The molecule has 0 radical (unpaired) electrons. The summed E-state index contributed by atoms with van der Waals surface area (Å²) < 4.78 is 12.9. The highest BCUT2D eigenvalue weighted by Crippen LogP contribution is 2.26. The minimum atomic E-state index is -0.332. The van der Waals surface area contributed by atoms with Crippen molar-refractivity contribution in [2.45, 2.75) is 6.42 Å². The molecule has 1 aliphatic heterocycles. The van der Waals surface area contributed by atoms with Crippen molar-refractivity contribution in [3.8, 4) is 0 Å². The summed E-state index contributed by atoms with van der Waals surface area (Å²) in [5, 5.41) is 0. The van der Waals surface area contributed by atoms with Crippen LogP contribution in [-0.2, 0) is 0 Å². The van der Waals surface area contributed by atoms with Gasteiger partial charge < -0.3 is 0 Å². The summed E-state index contributed by atoms with van der Waals surface area (Å²) in [6, 6.07) is 5.96. The molecule has 0 bridgehead atoms. The van der Waals surface area contributed by atoms with Gasteiger partial charge in [-0.3, -0.25) is 4.79 Å². The molecule has 1 heterocycles. The first kappa shape index (κ1) is 9.71. The number of hydrogen-bond donors (Lipinski definition) is 0. The minimum absolute atomic E-state index is 0.0921. The molecular weight excluding hydrogens is 199 g/mol. The molecule has 1 unspecified atom stereocenters. The third-order valence-electron chi connectivity index (χ3n) is 2.41. The molecule has 0 saturated carbocycles. The number of ketones is 1. The van der Waals surface area contributed by atoms with E-state index in [4.69, 9.17) is 0 Å². The smallest absolute Gasteiger partial charge is 0.166 e. The van der Waals surface area contributed by atoms with Gasteiger partial charge in [-0.1, -0.05) is 12.1 Å².